The van der Waals surface area contributed by atoms with Crippen LogP contribution < -0.4 is 16.6 Å². The largest absolute Gasteiger partial charge is 0.478 e. The summed E-state index contributed by atoms with van der Waals surface area (Å²) < 4.78 is 2.33. The van der Waals surface area contributed by atoms with Crippen molar-refractivity contribution in [1.29, 1.82) is 0 Å². The van der Waals surface area contributed by atoms with Gasteiger partial charge in [0.05, 0.1) is 11.1 Å². The summed E-state index contributed by atoms with van der Waals surface area (Å²) in [5, 5.41) is 12.1. The molecule has 27 heavy (non-hydrogen) atoms. The molecule has 1 aliphatic heterocycles. The number of rotatable bonds is 3. The third kappa shape index (κ3) is 2.79. The van der Waals surface area contributed by atoms with E-state index in [1.165, 1.54) is 30.7 Å². The summed E-state index contributed by atoms with van der Waals surface area (Å²) in [6, 6.07) is 6.03. The van der Waals surface area contributed by atoms with Gasteiger partial charge in [0.1, 0.15) is 5.82 Å². The average Bonchev–Trinajstić information content (AvgIpc) is 2.63. The van der Waals surface area contributed by atoms with E-state index >= 15 is 0 Å². The van der Waals surface area contributed by atoms with Crippen LogP contribution in [0.2, 0.25) is 0 Å². The normalized spacial score (nSPS) is 15.9. The Hall–Kier alpha value is -3.42. The van der Waals surface area contributed by atoms with Crippen LogP contribution in [0.4, 0.5) is 5.82 Å². The number of hydrogen-bond donors (Lipinski definition) is 2. The molecule has 0 radical (unpaired) electrons. The fourth-order valence-corrected chi connectivity index (χ4v) is 3.51. The van der Waals surface area contributed by atoms with Crippen molar-refractivity contribution in [2.24, 2.45) is 14.1 Å². The summed E-state index contributed by atoms with van der Waals surface area (Å²) in [6.07, 6.45) is 0. The van der Waals surface area contributed by atoms with Crippen LogP contribution in [0.3, 0.4) is 0 Å². The molecule has 0 amide bonds. The summed E-state index contributed by atoms with van der Waals surface area (Å²) in [6.45, 7) is 3.12. The molecule has 1 aliphatic rings. The minimum absolute atomic E-state index is 0.103. The lowest BCUT2D eigenvalue weighted by molar-refractivity contribution is -0.113. The number of anilines is 1. The summed E-state index contributed by atoms with van der Waals surface area (Å²) in [5.41, 5.74) is 0.948. The first-order chi connectivity index (χ1) is 12.6. The molecule has 0 saturated heterocycles. The van der Waals surface area contributed by atoms with Crippen molar-refractivity contribution in [3.05, 3.63) is 73.1 Å². The SMILES string of the molecule is CC(=O)C1=C(C)Nc2c(c(=O)n(C)c(=O)n2C)[C@H]1c1ccc(C(=O)O)cc1. The maximum Gasteiger partial charge on any atom is 0.335 e. The number of allylic oxidation sites excluding steroid dienone is 2. The number of fused-ring (bicyclic) bond motifs is 1. The van der Waals surface area contributed by atoms with E-state index in [-0.39, 0.29) is 16.9 Å². The molecule has 0 fully saturated rings. The number of nitrogens with zero attached hydrogens (tertiary/aromatic N) is 2. The van der Waals surface area contributed by atoms with Gasteiger partial charge in [0.2, 0.25) is 0 Å². The lowest BCUT2D eigenvalue weighted by Crippen LogP contribution is -2.43. The van der Waals surface area contributed by atoms with E-state index in [1.54, 1.807) is 26.1 Å². The topological polar surface area (TPSA) is 110 Å². The van der Waals surface area contributed by atoms with Gasteiger partial charge in [-0.15, -0.1) is 0 Å². The number of aromatic nitrogens is 2. The maximum atomic E-state index is 12.9. The van der Waals surface area contributed by atoms with Crippen molar-refractivity contribution >= 4 is 17.6 Å². The smallest absolute Gasteiger partial charge is 0.335 e. The van der Waals surface area contributed by atoms with E-state index in [4.69, 9.17) is 5.11 Å². The number of carboxylic acid groups (broad SMARTS) is 1. The number of carbonyl (C=O) groups excluding carboxylic acids is 1. The second-order valence-corrected chi connectivity index (χ2v) is 6.55. The van der Waals surface area contributed by atoms with E-state index in [0.717, 1.165) is 4.57 Å². The number of aromatic carboxylic acids is 1. The highest BCUT2D eigenvalue weighted by Gasteiger charge is 2.35. The highest BCUT2D eigenvalue weighted by Crippen LogP contribution is 2.39. The van der Waals surface area contributed by atoms with Crippen LogP contribution in [0.15, 0.2) is 45.1 Å². The van der Waals surface area contributed by atoms with Crippen LogP contribution in [-0.2, 0) is 18.9 Å². The monoisotopic (exact) mass is 369 g/mol. The molecular formula is C19H19N3O5. The molecular weight excluding hydrogens is 350 g/mol. The molecule has 2 N–H and O–H groups in total. The van der Waals surface area contributed by atoms with Crippen LogP contribution in [0, 0.1) is 0 Å². The number of Topliss-reactive ketones (excluding diaryl/α,β-unsaturated/α-hetero) is 1. The van der Waals surface area contributed by atoms with Gasteiger partial charge in [0.25, 0.3) is 5.56 Å². The molecule has 3 rings (SSSR count). The molecule has 0 aliphatic carbocycles. The van der Waals surface area contributed by atoms with Crippen molar-refractivity contribution in [3.63, 3.8) is 0 Å². The highest BCUT2D eigenvalue weighted by atomic mass is 16.4. The Labute approximate surface area is 154 Å². The fraction of sp³-hybridized carbons (Fsp3) is 0.263. The maximum absolute atomic E-state index is 12.9. The Morgan fingerprint density at radius 1 is 1.07 bits per heavy atom. The summed E-state index contributed by atoms with van der Waals surface area (Å²) >= 11 is 0. The Morgan fingerprint density at radius 2 is 1.67 bits per heavy atom. The first-order valence-corrected chi connectivity index (χ1v) is 8.27. The second kappa shape index (κ2) is 6.39. The number of nitrogens with one attached hydrogen (secondary N) is 1. The number of ketones is 1. The first-order valence-electron chi connectivity index (χ1n) is 8.27. The predicted molar refractivity (Wildman–Crippen MR) is 99.2 cm³/mol. The Morgan fingerprint density at radius 3 is 2.19 bits per heavy atom. The Kier molecular flexibility index (Phi) is 4.35. The Balaban J connectivity index is 2.37. The molecule has 2 aromatic rings. The van der Waals surface area contributed by atoms with E-state index in [2.05, 4.69) is 5.32 Å². The van der Waals surface area contributed by atoms with Gasteiger partial charge in [0.15, 0.2) is 5.78 Å². The fourth-order valence-electron chi connectivity index (χ4n) is 3.51. The van der Waals surface area contributed by atoms with Crippen LogP contribution in [0.25, 0.3) is 0 Å². The molecule has 0 spiro atoms. The third-order valence-corrected chi connectivity index (χ3v) is 4.86. The van der Waals surface area contributed by atoms with Crippen LogP contribution in [0.1, 0.15) is 41.3 Å². The van der Waals surface area contributed by atoms with E-state index in [1.807, 2.05) is 0 Å². The molecule has 0 saturated carbocycles. The first kappa shape index (κ1) is 18.4. The minimum atomic E-state index is -1.07. The summed E-state index contributed by atoms with van der Waals surface area (Å²) in [7, 11) is 2.93. The zero-order chi connectivity index (χ0) is 20.0. The lowest BCUT2D eigenvalue weighted by Gasteiger charge is -2.30. The van der Waals surface area contributed by atoms with Crippen molar-refractivity contribution in [3.8, 4) is 0 Å². The summed E-state index contributed by atoms with van der Waals surface area (Å²) in [5.74, 6) is -1.65. The zero-order valence-corrected chi connectivity index (χ0v) is 15.4. The van der Waals surface area contributed by atoms with E-state index in [9.17, 15) is 19.2 Å². The van der Waals surface area contributed by atoms with Crippen LogP contribution in [0.5, 0.6) is 0 Å². The van der Waals surface area contributed by atoms with Gasteiger partial charge < -0.3 is 10.4 Å². The molecule has 8 nitrogen and oxygen atoms in total. The van der Waals surface area contributed by atoms with Crippen LogP contribution in [-0.4, -0.2) is 26.0 Å². The molecule has 1 atom stereocenters. The molecule has 1 aromatic heterocycles. The predicted octanol–water partition coefficient (Wildman–Crippen LogP) is 1.20. The molecule has 0 bridgehead atoms. The van der Waals surface area contributed by atoms with Crippen molar-refractivity contribution in [1.82, 2.24) is 9.13 Å². The van der Waals surface area contributed by atoms with Gasteiger partial charge in [-0.2, -0.15) is 0 Å². The van der Waals surface area contributed by atoms with Crippen LogP contribution >= 0.6 is 0 Å². The highest BCUT2D eigenvalue weighted by molar-refractivity contribution is 5.98. The van der Waals surface area contributed by atoms with E-state index in [0.29, 0.717) is 22.7 Å². The second-order valence-electron chi connectivity index (χ2n) is 6.55. The molecule has 1 aromatic carbocycles. The van der Waals surface area contributed by atoms with Gasteiger partial charge in [0, 0.05) is 31.3 Å². The number of carbonyl (C=O) groups is 2. The molecule has 0 unspecified atom stereocenters. The van der Waals surface area contributed by atoms with E-state index < -0.39 is 23.1 Å². The van der Waals surface area contributed by atoms with Gasteiger partial charge in [-0.1, -0.05) is 12.1 Å². The summed E-state index contributed by atoms with van der Waals surface area (Å²) in [4.78, 5) is 48.7. The minimum Gasteiger partial charge on any atom is -0.478 e. The van der Waals surface area contributed by atoms with Gasteiger partial charge in [-0.3, -0.25) is 18.7 Å². The van der Waals surface area contributed by atoms with Crippen molar-refractivity contribution in [2.75, 3.05) is 5.32 Å². The number of benzene rings is 1. The van der Waals surface area contributed by atoms with Crippen molar-refractivity contribution in [2.45, 2.75) is 19.8 Å². The van der Waals surface area contributed by atoms with Gasteiger partial charge >= 0.3 is 11.7 Å². The van der Waals surface area contributed by atoms with Gasteiger partial charge in [-0.05, 0) is 31.5 Å². The zero-order valence-electron chi connectivity index (χ0n) is 15.4. The molecule has 8 heteroatoms. The number of hydrogen-bond acceptors (Lipinski definition) is 5. The van der Waals surface area contributed by atoms with Crippen molar-refractivity contribution < 1.29 is 14.7 Å². The molecule has 2 heterocycles. The third-order valence-electron chi connectivity index (χ3n) is 4.86. The quantitative estimate of drug-likeness (QED) is 0.841. The number of carboxylic acids is 1. The average molecular weight is 369 g/mol. The molecule has 140 valence electrons. The Bertz CT molecular complexity index is 1120. The standard InChI is InChI=1S/C19H19N3O5/c1-9-13(10(2)23)14(11-5-7-12(8-6-11)18(25)26)15-16(20-9)21(3)19(27)22(4)17(15)24/h5-8,14,20H,1-4H3,(H,25,26)/t14-/m0/s1. The van der Waals surface area contributed by atoms with Gasteiger partial charge in [-0.25, -0.2) is 9.59 Å². The lowest BCUT2D eigenvalue weighted by atomic mass is 9.80.